The fourth-order valence-electron chi connectivity index (χ4n) is 1.09. The summed E-state index contributed by atoms with van der Waals surface area (Å²) >= 11 is 1.69. The minimum atomic E-state index is 0.415. The van der Waals surface area contributed by atoms with Gasteiger partial charge in [0.15, 0.2) is 0 Å². The van der Waals surface area contributed by atoms with Gasteiger partial charge in [0.25, 0.3) is 0 Å². The number of rotatable bonds is 5. The number of hydrogen-bond acceptors (Lipinski definition) is 3. The minimum Gasteiger partial charge on any atom is -0.376 e. The summed E-state index contributed by atoms with van der Waals surface area (Å²) in [5.74, 6) is 5.84. The van der Waals surface area contributed by atoms with Gasteiger partial charge in [0, 0.05) is 22.4 Å². The van der Waals surface area contributed by atoms with Crippen LogP contribution in [0.25, 0.3) is 0 Å². The van der Waals surface area contributed by atoms with Crippen LogP contribution < -0.4 is 5.73 Å². The summed E-state index contributed by atoms with van der Waals surface area (Å²) in [5.41, 5.74) is 6.34. The third-order valence-electron chi connectivity index (χ3n) is 1.88. The van der Waals surface area contributed by atoms with E-state index in [0.29, 0.717) is 13.2 Å². The van der Waals surface area contributed by atoms with Crippen LogP contribution in [0.1, 0.15) is 30.2 Å². The quantitative estimate of drug-likeness (QED) is 0.614. The summed E-state index contributed by atoms with van der Waals surface area (Å²) in [7, 11) is 0. The van der Waals surface area contributed by atoms with Crippen molar-refractivity contribution in [3.63, 3.8) is 0 Å². The molecule has 0 spiro atoms. The van der Waals surface area contributed by atoms with Gasteiger partial charge in [-0.3, -0.25) is 0 Å². The normalized spacial score (nSPS) is 9.73. The van der Waals surface area contributed by atoms with E-state index in [4.69, 9.17) is 10.5 Å². The molecule has 0 saturated heterocycles. The van der Waals surface area contributed by atoms with E-state index in [9.17, 15) is 0 Å². The summed E-state index contributed by atoms with van der Waals surface area (Å²) in [6.07, 6.45) is 2.31. The Balaban J connectivity index is 2.33. The topological polar surface area (TPSA) is 35.2 Å². The first-order valence-electron chi connectivity index (χ1n) is 5.21. The molecule has 0 fully saturated rings. The molecule has 0 unspecified atom stereocenters. The molecule has 0 saturated carbocycles. The van der Waals surface area contributed by atoms with Crippen molar-refractivity contribution in [2.45, 2.75) is 26.4 Å². The molecule has 0 atom stereocenters. The average molecular weight is 223 g/mol. The fourth-order valence-corrected chi connectivity index (χ4v) is 1.85. The predicted molar refractivity (Wildman–Crippen MR) is 64.8 cm³/mol. The van der Waals surface area contributed by atoms with Gasteiger partial charge in [-0.1, -0.05) is 25.2 Å². The third-order valence-corrected chi connectivity index (χ3v) is 2.79. The Morgan fingerprint density at radius 3 is 3.13 bits per heavy atom. The second-order valence-electron chi connectivity index (χ2n) is 3.21. The van der Waals surface area contributed by atoms with Crippen molar-refractivity contribution < 1.29 is 4.74 Å². The maximum absolute atomic E-state index is 5.52. The highest BCUT2D eigenvalue weighted by Crippen LogP contribution is 2.14. The van der Waals surface area contributed by atoms with E-state index in [0.717, 1.165) is 18.6 Å². The molecule has 0 aromatic carbocycles. The zero-order valence-corrected chi connectivity index (χ0v) is 9.90. The zero-order valence-electron chi connectivity index (χ0n) is 9.08. The number of unbranched alkanes of at least 4 members (excludes halogenated alkanes) is 1. The first-order valence-corrected chi connectivity index (χ1v) is 6.09. The van der Waals surface area contributed by atoms with Gasteiger partial charge in [-0.15, -0.1) is 11.3 Å². The number of nitrogens with two attached hydrogens (primary N) is 1. The smallest absolute Gasteiger partial charge is 0.0809 e. The van der Waals surface area contributed by atoms with Crippen molar-refractivity contribution in [3.8, 4) is 11.8 Å². The molecule has 0 aliphatic rings. The van der Waals surface area contributed by atoms with Crippen LogP contribution in [0.3, 0.4) is 0 Å². The van der Waals surface area contributed by atoms with E-state index in [1.54, 1.807) is 11.3 Å². The fraction of sp³-hybridized carbons (Fsp3) is 0.500. The molecule has 1 aromatic heterocycles. The largest absolute Gasteiger partial charge is 0.376 e. The van der Waals surface area contributed by atoms with Crippen LogP contribution in [0.5, 0.6) is 0 Å². The van der Waals surface area contributed by atoms with Crippen LogP contribution in [0.4, 0.5) is 0 Å². The van der Waals surface area contributed by atoms with E-state index in [1.165, 1.54) is 11.3 Å². The first-order chi connectivity index (χ1) is 7.36. The first kappa shape index (κ1) is 12.3. The van der Waals surface area contributed by atoms with Gasteiger partial charge in [0.1, 0.15) is 0 Å². The van der Waals surface area contributed by atoms with Crippen molar-refractivity contribution in [2.75, 3.05) is 13.2 Å². The molecule has 15 heavy (non-hydrogen) atoms. The van der Waals surface area contributed by atoms with Gasteiger partial charge in [-0.05, 0) is 12.5 Å². The number of ether oxygens (including phenoxy) is 1. The van der Waals surface area contributed by atoms with Crippen molar-refractivity contribution in [3.05, 3.63) is 21.9 Å². The Morgan fingerprint density at radius 2 is 2.40 bits per heavy atom. The monoisotopic (exact) mass is 223 g/mol. The Labute approximate surface area is 95.4 Å². The summed E-state index contributed by atoms with van der Waals surface area (Å²) in [4.78, 5) is 1.23. The van der Waals surface area contributed by atoms with Gasteiger partial charge < -0.3 is 10.5 Å². The van der Waals surface area contributed by atoms with Crippen molar-refractivity contribution in [2.24, 2.45) is 5.73 Å². The van der Waals surface area contributed by atoms with Gasteiger partial charge in [-0.25, -0.2) is 0 Å². The summed E-state index contributed by atoms with van der Waals surface area (Å²) in [6.45, 7) is 4.13. The molecule has 2 N–H and O–H groups in total. The lowest BCUT2D eigenvalue weighted by Crippen LogP contribution is -1.93. The zero-order chi connectivity index (χ0) is 10.9. The lowest BCUT2D eigenvalue weighted by atomic mass is 10.3. The molecule has 0 amide bonds. The lowest BCUT2D eigenvalue weighted by Gasteiger charge is -1.99. The molecule has 0 bridgehead atoms. The van der Waals surface area contributed by atoms with Crippen molar-refractivity contribution >= 4 is 11.3 Å². The minimum absolute atomic E-state index is 0.415. The van der Waals surface area contributed by atoms with Gasteiger partial charge in [0.2, 0.25) is 0 Å². The molecular formula is C12H17NOS. The van der Waals surface area contributed by atoms with E-state index >= 15 is 0 Å². The maximum Gasteiger partial charge on any atom is 0.0809 e. The average Bonchev–Trinajstić information content (AvgIpc) is 2.69. The van der Waals surface area contributed by atoms with Crippen LogP contribution in [-0.2, 0) is 11.3 Å². The summed E-state index contributed by atoms with van der Waals surface area (Å²) in [5, 5.41) is 2.04. The molecule has 1 heterocycles. The second kappa shape index (κ2) is 7.47. The van der Waals surface area contributed by atoms with Gasteiger partial charge in [0.05, 0.1) is 13.2 Å². The lowest BCUT2D eigenvalue weighted by molar-refractivity contribution is 0.120. The predicted octanol–water partition coefficient (Wildman–Crippen LogP) is 2.38. The Hall–Kier alpha value is -0.820. The van der Waals surface area contributed by atoms with Gasteiger partial charge in [-0.2, -0.15) is 0 Å². The molecule has 82 valence electrons. The highest BCUT2D eigenvalue weighted by molar-refractivity contribution is 7.10. The molecule has 0 aliphatic carbocycles. The number of thiophene rings is 1. The molecule has 0 aliphatic heterocycles. The molecule has 2 nitrogen and oxygen atoms in total. The van der Waals surface area contributed by atoms with E-state index < -0.39 is 0 Å². The van der Waals surface area contributed by atoms with Crippen molar-refractivity contribution in [1.29, 1.82) is 0 Å². The molecule has 0 radical (unpaired) electrons. The van der Waals surface area contributed by atoms with Crippen LogP contribution in [-0.4, -0.2) is 13.2 Å². The molecule has 1 aromatic rings. The summed E-state index contributed by atoms with van der Waals surface area (Å²) in [6, 6.07) is 2.07. The van der Waals surface area contributed by atoms with Crippen molar-refractivity contribution in [1.82, 2.24) is 0 Å². The summed E-state index contributed by atoms with van der Waals surface area (Å²) < 4.78 is 5.52. The Morgan fingerprint density at radius 1 is 1.53 bits per heavy atom. The van der Waals surface area contributed by atoms with Crippen LogP contribution >= 0.6 is 11.3 Å². The highest BCUT2D eigenvalue weighted by Gasteiger charge is 1.97. The van der Waals surface area contributed by atoms with E-state index in [2.05, 4.69) is 24.8 Å². The van der Waals surface area contributed by atoms with Crippen LogP contribution in [0, 0.1) is 11.8 Å². The molecule has 3 heteroatoms. The maximum atomic E-state index is 5.52. The SMILES string of the molecule is CCCCOCc1cc(C#CCN)cs1. The van der Waals surface area contributed by atoms with E-state index in [-0.39, 0.29) is 0 Å². The standard InChI is InChI=1S/C12H17NOS/c1-2-3-7-14-9-12-8-11(10-15-12)5-4-6-13/h8,10H,2-3,6-7,9,13H2,1H3. The number of hydrogen-bond donors (Lipinski definition) is 1. The second-order valence-corrected chi connectivity index (χ2v) is 4.21. The van der Waals surface area contributed by atoms with E-state index in [1.807, 2.05) is 5.38 Å². The van der Waals surface area contributed by atoms with Gasteiger partial charge >= 0.3 is 0 Å². The highest BCUT2D eigenvalue weighted by atomic mass is 32.1. The Kier molecular flexibility index (Phi) is 6.10. The Bertz CT molecular complexity index is 335. The van der Waals surface area contributed by atoms with Crippen LogP contribution in [0.2, 0.25) is 0 Å². The molecular weight excluding hydrogens is 206 g/mol. The third kappa shape index (κ3) is 4.98. The molecule has 1 rings (SSSR count). The van der Waals surface area contributed by atoms with Crippen LogP contribution in [0.15, 0.2) is 11.4 Å².